The molecule has 0 aromatic rings. The molecular formula is C6H14N2NiO2. The van der Waals surface area contributed by atoms with Crippen molar-refractivity contribution in [2.75, 3.05) is 6.54 Å². The third kappa shape index (κ3) is 7.78. The van der Waals surface area contributed by atoms with Crippen LogP contribution in [0.2, 0.25) is 0 Å². The van der Waals surface area contributed by atoms with E-state index in [0.29, 0.717) is 13.0 Å². The number of hydrogen-bond donors (Lipinski definition) is 3. The van der Waals surface area contributed by atoms with E-state index in [1.54, 1.807) is 0 Å². The van der Waals surface area contributed by atoms with E-state index in [1.807, 2.05) is 0 Å². The molecule has 0 fully saturated rings. The Hall–Kier alpha value is -0.116. The quantitative estimate of drug-likeness (QED) is 0.417. The molecule has 0 aliphatic heterocycles. The third-order valence-corrected chi connectivity index (χ3v) is 1.29. The fourth-order valence-electron chi connectivity index (χ4n) is 0.632. The summed E-state index contributed by atoms with van der Waals surface area (Å²) >= 11 is 0. The van der Waals surface area contributed by atoms with Crippen molar-refractivity contribution >= 4 is 5.97 Å². The number of nitrogens with two attached hydrogens (primary N) is 2. The average Bonchev–Trinajstić information content (AvgIpc) is 1.88. The summed E-state index contributed by atoms with van der Waals surface area (Å²) in [5.74, 6) is -0.933. The summed E-state index contributed by atoms with van der Waals surface area (Å²) in [6.45, 7) is 0.604. The largest absolute Gasteiger partial charge is 0.480 e. The fraction of sp³-hybridized carbons (Fsp3) is 0.833. The van der Waals surface area contributed by atoms with Gasteiger partial charge in [-0.2, -0.15) is 0 Å². The maximum absolute atomic E-state index is 10.1. The van der Waals surface area contributed by atoms with Crippen LogP contribution in [0.5, 0.6) is 0 Å². The van der Waals surface area contributed by atoms with Gasteiger partial charge in [-0.25, -0.2) is 0 Å². The van der Waals surface area contributed by atoms with Crippen molar-refractivity contribution in [2.24, 2.45) is 11.5 Å². The number of carboxylic acids is 1. The Morgan fingerprint density at radius 1 is 1.45 bits per heavy atom. The van der Waals surface area contributed by atoms with Crippen LogP contribution in [-0.4, -0.2) is 23.7 Å². The first-order valence-corrected chi connectivity index (χ1v) is 3.37. The van der Waals surface area contributed by atoms with E-state index in [9.17, 15) is 4.79 Å². The third-order valence-electron chi connectivity index (χ3n) is 1.29. The molecule has 0 radical (unpaired) electrons. The van der Waals surface area contributed by atoms with E-state index in [0.717, 1.165) is 12.8 Å². The van der Waals surface area contributed by atoms with Gasteiger partial charge < -0.3 is 16.6 Å². The van der Waals surface area contributed by atoms with Gasteiger partial charge in [-0.15, -0.1) is 0 Å². The minimum Gasteiger partial charge on any atom is -0.480 e. The molecule has 0 spiro atoms. The Balaban J connectivity index is 0. The molecule has 11 heavy (non-hydrogen) atoms. The van der Waals surface area contributed by atoms with Gasteiger partial charge in [0.05, 0.1) is 0 Å². The number of carboxylic acid groups (broad SMARTS) is 1. The van der Waals surface area contributed by atoms with E-state index >= 15 is 0 Å². The first kappa shape index (κ1) is 13.5. The summed E-state index contributed by atoms with van der Waals surface area (Å²) in [6.07, 6.45) is 2.16. The molecule has 0 rings (SSSR count). The Labute approximate surface area is 76.2 Å². The minimum absolute atomic E-state index is 0. The summed E-state index contributed by atoms with van der Waals surface area (Å²) in [4.78, 5) is 10.1. The standard InChI is InChI=1S/C6H14N2O2.Ni/c7-4-2-1-3-5(8)6(9)10;/h5H,1-4,7-8H2,(H,9,10);/t5-;/m0./s1. The first-order valence-electron chi connectivity index (χ1n) is 3.37. The molecule has 0 unspecified atom stereocenters. The normalized spacial score (nSPS) is 11.8. The predicted octanol–water partition coefficient (Wildman–Crippen LogP) is -0.475. The maximum atomic E-state index is 10.1. The number of hydrogen-bond acceptors (Lipinski definition) is 3. The van der Waals surface area contributed by atoms with Crippen LogP contribution in [-0.2, 0) is 21.3 Å². The molecule has 5 heteroatoms. The molecule has 0 bridgehead atoms. The van der Waals surface area contributed by atoms with Gasteiger partial charge in [0.2, 0.25) is 0 Å². The molecule has 0 aliphatic rings. The Morgan fingerprint density at radius 3 is 2.36 bits per heavy atom. The number of rotatable bonds is 5. The molecular weight excluding hydrogens is 191 g/mol. The van der Waals surface area contributed by atoms with E-state index in [4.69, 9.17) is 16.6 Å². The van der Waals surface area contributed by atoms with Gasteiger partial charge in [-0.05, 0) is 19.4 Å². The zero-order chi connectivity index (χ0) is 7.98. The molecule has 0 amide bonds. The molecule has 0 aliphatic carbocycles. The van der Waals surface area contributed by atoms with E-state index in [-0.39, 0.29) is 16.5 Å². The van der Waals surface area contributed by atoms with Gasteiger partial charge in [-0.3, -0.25) is 4.79 Å². The topological polar surface area (TPSA) is 89.3 Å². The van der Waals surface area contributed by atoms with E-state index in [2.05, 4.69) is 0 Å². The number of carbonyl (C=O) groups is 1. The molecule has 0 saturated carbocycles. The number of aliphatic carboxylic acids is 1. The van der Waals surface area contributed by atoms with Crippen LogP contribution in [0.25, 0.3) is 0 Å². The van der Waals surface area contributed by atoms with Crippen molar-refractivity contribution in [2.45, 2.75) is 25.3 Å². The summed E-state index contributed by atoms with van der Waals surface area (Å²) in [5.41, 5.74) is 10.4. The number of unbranched alkanes of at least 4 members (excludes halogenated alkanes) is 1. The van der Waals surface area contributed by atoms with Crippen LogP contribution in [0, 0.1) is 0 Å². The van der Waals surface area contributed by atoms with Crippen LogP contribution in [0.1, 0.15) is 19.3 Å². The molecule has 70 valence electrons. The van der Waals surface area contributed by atoms with Crippen LogP contribution >= 0.6 is 0 Å². The van der Waals surface area contributed by atoms with Crippen LogP contribution in [0.15, 0.2) is 0 Å². The fourth-order valence-corrected chi connectivity index (χ4v) is 0.632. The first-order chi connectivity index (χ1) is 4.68. The summed E-state index contributed by atoms with van der Waals surface area (Å²) in [7, 11) is 0. The summed E-state index contributed by atoms with van der Waals surface area (Å²) in [5, 5.41) is 8.33. The molecule has 4 nitrogen and oxygen atoms in total. The van der Waals surface area contributed by atoms with Crippen molar-refractivity contribution in [3.63, 3.8) is 0 Å². The molecule has 0 aromatic carbocycles. The molecule has 0 heterocycles. The van der Waals surface area contributed by atoms with Gasteiger partial charge >= 0.3 is 5.97 Å². The van der Waals surface area contributed by atoms with E-state index < -0.39 is 12.0 Å². The molecule has 0 saturated heterocycles. The smallest absolute Gasteiger partial charge is 0.320 e. The molecule has 0 aromatic heterocycles. The van der Waals surface area contributed by atoms with Crippen molar-refractivity contribution in [3.05, 3.63) is 0 Å². The van der Waals surface area contributed by atoms with Gasteiger partial charge in [0, 0.05) is 16.5 Å². The van der Waals surface area contributed by atoms with Gasteiger partial charge in [0.15, 0.2) is 0 Å². The van der Waals surface area contributed by atoms with Crippen LogP contribution in [0.4, 0.5) is 0 Å². The second kappa shape index (κ2) is 7.98. The van der Waals surface area contributed by atoms with Gasteiger partial charge in [0.1, 0.15) is 6.04 Å². The van der Waals surface area contributed by atoms with E-state index in [1.165, 1.54) is 0 Å². The second-order valence-electron chi connectivity index (χ2n) is 2.23. The monoisotopic (exact) mass is 204 g/mol. The average molecular weight is 205 g/mol. The Bertz CT molecular complexity index is 111. The second-order valence-corrected chi connectivity index (χ2v) is 2.23. The Kier molecular flexibility index (Phi) is 9.78. The van der Waals surface area contributed by atoms with Gasteiger partial charge in [0.25, 0.3) is 0 Å². The Morgan fingerprint density at radius 2 is 2.00 bits per heavy atom. The zero-order valence-corrected chi connectivity index (χ0v) is 7.22. The van der Waals surface area contributed by atoms with Crippen molar-refractivity contribution in [1.82, 2.24) is 0 Å². The summed E-state index contributed by atoms with van der Waals surface area (Å²) in [6, 6.07) is -0.716. The van der Waals surface area contributed by atoms with Crippen LogP contribution in [0.3, 0.4) is 0 Å². The van der Waals surface area contributed by atoms with Crippen molar-refractivity contribution in [1.29, 1.82) is 0 Å². The maximum Gasteiger partial charge on any atom is 0.320 e. The predicted molar refractivity (Wildman–Crippen MR) is 38.5 cm³/mol. The summed E-state index contributed by atoms with van der Waals surface area (Å²) < 4.78 is 0. The molecule has 5 N–H and O–H groups in total. The minimum atomic E-state index is -0.933. The van der Waals surface area contributed by atoms with Gasteiger partial charge in [-0.1, -0.05) is 6.42 Å². The molecule has 1 atom stereocenters. The zero-order valence-electron chi connectivity index (χ0n) is 6.23. The van der Waals surface area contributed by atoms with Crippen molar-refractivity contribution < 1.29 is 26.4 Å². The SMILES string of the molecule is NCCCC[C@H](N)C(=O)O.[Ni]. The van der Waals surface area contributed by atoms with Crippen LogP contribution < -0.4 is 11.5 Å². The van der Waals surface area contributed by atoms with Crippen molar-refractivity contribution in [3.8, 4) is 0 Å².